The summed E-state index contributed by atoms with van der Waals surface area (Å²) in [5.41, 5.74) is 2.10. The van der Waals surface area contributed by atoms with E-state index >= 15 is 0 Å². The van der Waals surface area contributed by atoms with E-state index < -0.39 is 0 Å². The molecule has 0 fully saturated rings. The summed E-state index contributed by atoms with van der Waals surface area (Å²) < 4.78 is 0. The molecule has 0 saturated heterocycles. The molecule has 0 amide bonds. The minimum absolute atomic E-state index is 0.987. The van der Waals surface area contributed by atoms with Crippen molar-refractivity contribution >= 4 is 11.9 Å². The Kier molecular flexibility index (Phi) is 5.61. The highest BCUT2D eigenvalue weighted by molar-refractivity contribution is 7.97. The van der Waals surface area contributed by atoms with E-state index in [4.69, 9.17) is 5.14 Å². The number of hydrogen-bond acceptors (Lipinski definition) is 3. The van der Waals surface area contributed by atoms with Crippen LogP contribution < -0.4 is 5.14 Å². The van der Waals surface area contributed by atoms with Crippen molar-refractivity contribution in [1.82, 2.24) is 4.98 Å². The summed E-state index contributed by atoms with van der Waals surface area (Å²) in [7, 11) is 0. The summed E-state index contributed by atoms with van der Waals surface area (Å²) in [6.45, 7) is 4.00. The van der Waals surface area contributed by atoms with Crippen LogP contribution in [0.3, 0.4) is 0 Å². The molecule has 0 atom stereocenters. The molecule has 1 heterocycles. The van der Waals surface area contributed by atoms with Gasteiger partial charge >= 0.3 is 0 Å². The Morgan fingerprint density at radius 2 is 1.69 bits per heavy atom. The third-order valence-corrected chi connectivity index (χ3v) is 2.50. The number of hydrogen-bond donors (Lipinski definition) is 1. The van der Waals surface area contributed by atoms with Gasteiger partial charge in [0.2, 0.25) is 0 Å². The Morgan fingerprint density at radius 3 is 2.19 bits per heavy atom. The van der Waals surface area contributed by atoms with Crippen LogP contribution in [-0.4, -0.2) is 4.98 Å². The monoisotopic (exact) mass is 232 g/mol. The van der Waals surface area contributed by atoms with Crippen molar-refractivity contribution in [3.05, 3.63) is 48.7 Å². The van der Waals surface area contributed by atoms with Crippen LogP contribution in [0.1, 0.15) is 13.8 Å². The van der Waals surface area contributed by atoms with E-state index in [1.165, 1.54) is 11.9 Å². The molecule has 0 aliphatic heterocycles. The van der Waals surface area contributed by atoms with E-state index in [-0.39, 0.29) is 0 Å². The number of nitrogens with zero attached hydrogens (tertiary/aromatic N) is 1. The minimum Gasteiger partial charge on any atom is -0.274 e. The van der Waals surface area contributed by atoms with Gasteiger partial charge in [-0.15, -0.1) is 0 Å². The lowest BCUT2D eigenvalue weighted by Crippen LogP contribution is -1.83. The van der Waals surface area contributed by atoms with Gasteiger partial charge in [0.1, 0.15) is 0 Å². The van der Waals surface area contributed by atoms with Crippen LogP contribution >= 0.6 is 11.9 Å². The van der Waals surface area contributed by atoms with Crippen molar-refractivity contribution in [3.63, 3.8) is 0 Å². The summed E-state index contributed by atoms with van der Waals surface area (Å²) >= 11 is 1.25. The summed E-state index contributed by atoms with van der Waals surface area (Å²) in [5, 5.41) is 5.44. The van der Waals surface area contributed by atoms with E-state index in [1.54, 1.807) is 6.20 Å². The first-order chi connectivity index (χ1) is 7.90. The molecule has 2 nitrogen and oxygen atoms in total. The molecular formula is C13H16N2S. The van der Waals surface area contributed by atoms with E-state index in [9.17, 15) is 0 Å². The quantitative estimate of drug-likeness (QED) is 0.802. The molecule has 0 unspecified atom stereocenters. The summed E-state index contributed by atoms with van der Waals surface area (Å²) in [5.74, 6) is 0. The molecule has 2 aromatic rings. The van der Waals surface area contributed by atoms with Crippen LogP contribution in [0.4, 0.5) is 0 Å². The molecule has 84 valence electrons. The molecule has 2 rings (SSSR count). The Bertz CT molecular complexity index is 398. The summed E-state index contributed by atoms with van der Waals surface area (Å²) in [6, 6.07) is 13.9. The first-order valence-corrected chi connectivity index (χ1v) is 6.16. The van der Waals surface area contributed by atoms with Gasteiger partial charge < -0.3 is 0 Å². The molecule has 0 saturated carbocycles. The van der Waals surface area contributed by atoms with Crippen molar-refractivity contribution < 1.29 is 0 Å². The average molecular weight is 232 g/mol. The second-order valence-corrected chi connectivity index (χ2v) is 3.56. The zero-order valence-electron chi connectivity index (χ0n) is 9.55. The second kappa shape index (κ2) is 7.04. The SMILES string of the molecule is CC.NSc1ccc(-c2ccccn2)cc1. The van der Waals surface area contributed by atoms with E-state index in [0.717, 1.165) is 16.2 Å². The normalized spacial score (nSPS) is 9.19. The van der Waals surface area contributed by atoms with E-state index in [2.05, 4.69) is 4.98 Å². The highest BCUT2D eigenvalue weighted by atomic mass is 32.2. The fourth-order valence-electron chi connectivity index (χ4n) is 1.24. The van der Waals surface area contributed by atoms with Gasteiger partial charge in [-0.1, -0.05) is 32.0 Å². The van der Waals surface area contributed by atoms with Crippen molar-refractivity contribution in [2.24, 2.45) is 5.14 Å². The minimum atomic E-state index is 0.987. The van der Waals surface area contributed by atoms with Gasteiger partial charge in [0.15, 0.2) is 0 Å². The lowest BCUT2D eigenvalue weighted by atomic mass is 10.1. The Balaban J connectivity index is 0.000000606. The third-order valence-electron chi connectivity index (χ3n) is 1.95. The number of rotatable bonds is 2. The Morgan fingerprint density at radius 1 is 1.00 bits per heavy atom. The fraction of sp³-hybridized carbons (Fsp3) is 0.154. The molecule has 0 aliphatic carbocycles. The fourth-order valence-corrected chi connectivity index (χ4v) is 1.53. The van der Waals surface area contributed by atoms with Crippen LogP contribution in [0.25, 0.3) is 11.3 Å². The number of aromatic nitrogens is 1. The van der Waals surface area contributed by atoms with Gasteiger partial charge in [0.05, 0.1) is 5.69 Å². The third kappa shape index (κ3) is 3.36. The van der Waals surface area contributed by atoms with Crippen molar-refractivity contribution in [1.29, 1.82) is 0 Å². The maximum atomic E-state index is 5.44. The lowest BCUT2D eigenvalue weighted by Gasteiger charge is -2.00. The zero-order chi connectivity index (χ0) is 11.8. The summed E-state index contributed by atoms with van der Waals surface area (Å²) in [6.07, 6.45) is 1.79. The standard InChI is InChI=1S/C11H10N2S.C2H6/c12-14-10-6-4-9(5-7-10)11-3-1-2-8-13-11;1-2/h1-8H,12H2;1-2H3. The molecule has 16 heavy (non-hydrogen) atoms. The van der Waals surface area contributed by atoms with Gasteiger partial charge in [-0.25, -0.2) is 0 Å². The molecule has 1 aromatic carbocycles. The van der Waals surface area contributed by atoms with Crippen LogP contribution in [-0.2, 0) is 0 Å². The second-order valence-electron chi connectivity index (χ2n) is 2.86. The van der Waals surface area contributed by atoms with Crippen LogP contribution in [0.15, 0.2) is 53.6 Å². The highest BCUT2D eigenvalue weighted by Crippen LogP contribution is 2.19. The molecule has 0 bridgehead atoms. The number of nitrogens with two attached hydrogens (primary N) is 1. The van der Waals surface area contributed by atoms with Gasteiger partial charge in [-0.3, -0.25) is 10.1 Å². The van der Waals surface area contributed by atoms with Crippen molar-refractivity contribution in [2.75, 3.05) is 0 Å². The molecule has 1 aromatic heterocycles. The van der Waals surface area contributed by atoms with Gasteiger partial charge in [0.25, 0.3) is 0 Å². The van der Waals surface area contributed by atoms with Gasteiger partial charge in [-0.2, -0.15) is 0 Å². The highest BCUT2D eigenvalue weighted by Gasteiger charge is 1.97. The van der Waals surface area contributed by atoms with Gasteiger partial charge in [-0.05, 0) is 36.2 Å². The predicted molar refractivity (Wildman–Crippen MR) is 71.1 cm³/mol. The first-order valence-electron chi connectivity index (χ1n) is 5.28. The molecule has 3 heteroatoms. The maximum Gasteiger partial charge on any atom is 0.0701 e. The van der Waals surface area contributed by atoms with Gasteiger partial charge in [0, 0.05) is 16.7 Å². The topological polar surface area (TPSA) is 38.9 Å². The molecule has 0 spiro atoms. The molecular weight excluding hydrogens is 216 g/mol. The predicted octanol–water partition coefficient (Wildman–Crippen LogP) is 3.74. The number of benzene rings is 1. The van der Waals surface area contributed by atoms with Crippen molar-refractivity contribution in [2.45, 2.75) is 18.7 Å². The molecule has 2 N–H and O–H groups in total. The van der Waals surface area contributed by atoms with Crippen molar-refractivity contribution in [3.8, 4) is 11.3 Å². The lowest BCUT2D eigenvalue weighted by molar-refractivity contribution is 1.32. The van der Waals surface area contributed by atoms with Crippen LogP contribution in [0.2, 0.25) is 0 Å². The van der Waals surface area contributed by atoms with E-state index in [1.807, 2.05) is 56.3 Å². The first kappa shape index (κ1) is 12.7. The number of pyridine rings is 1. The molecule has 0 aliphatic rings. The largest absolute Gasteiger partial charge is 0.274 e. The van der Waals surface area contributed by atoms with Crippen LogP contribution in [0, 0.1) is 0 Å². The summed E-state index contributed by atoms with van der Waals surface area (Å²) in [4.78, 5) is 5.33. The van der Waals surface area contributed by atoms with E-state index in [0.29, 0.717) is 0 Å². The zero-order valence-corrected chi connectivity index (χ0v) is 10.4. The smallest absolute Gasteiger partial charge is 0.0701 e. The Labute approximate surface area is 101 Å². The maximum absolute atomic E-state index is 5.44. The van der Waals surface area contributed by atoms with Crippen LogP contribution in [0.5, 0.6) is 0 Å². The molecule has 0 radical (unpaired) electrons. The average Bonchev–Trinajstić information content (AvgIpc) is 2.42. The Hall–Kier alpha value is -1.32.